The predicted octanol–water partition coefficient (Wildman–Crippen LogP) is 3.43. The van der Waals surface area contributed by atoms with Crippen LogP contribution in [0.25, 0.3) is 0 Å². The second kappa shape index (κ2) is 5.29. The highest BCUT2D eigenvalue weighted by Crippen LogP contribution is 2.31. The van der Waals surface area contributed by atoms with E-state index in [4.69, 9.17) is 4.84 Å². The lowest BCUT2D eigenvalue weighted by Crippen LogP contribution is -2.29. The summed E-state index contributed by atoms with van der Waals surface area (Å²) in [7, 11) is 0. The second-order valence-electron chi connectivity index (χ2n) is 4.88. The first-order chi connectivity index (χ1) is 9.77. The third-order valence-electron chi connectivity index (χ3n) is 3.54. The van der Waals surface area contributed by atoms with Crippen LogP contribution in [-0.4, -0.2) is 17.6 Å². The summed E-state index contributed by atoms with van der Waals surface area (Å²) in [5, 5.41) is 4.02. The van der Waals surface area contributed by atoms with Gasteiger partial charge in [0.1, 0.15) is 0 Å². The molecule has 0 amide bonds. The lowest BCUT2D eigenvalue weighted by atomic mass is 9.86. The fraction of sp³-hybridized carbons (Fsp3) is 0.176. The molecule has 0 aromatic heterocycles. The van der Waals surface area contributed by atoms with Crippen LogP contribution in [-0.2, 0) is 4.84 Å². The maximum absolute atomic E-state index is 12.6. The zero-order valence-corrected chi connectivity index (χ0v) is 11.2. The smallest absolute Gasteiger partial charge is 0.207 e. The van der Waals surface area contributed by atoms with Gasteiger partial charge in [-0.3, -0.25) is 4.79 Å². The predicted molar refractivity (Wildman–Crippen MR) is 77.9 cm³/mol. The number of nitrogens with zero attached hydrogens (tertiary/aromatic N) is 1. The van der Waals surface area contributed by atoms with Crippen molar-refractivity contribution >= 4 is 11.5 Å². The Bertz CT molecular complexity index is 635. The average Bonchev–Trinajstić information content (AvgIpc) is 2.90. The van der Waals surface area contributed by atoms with E-state index in [1.165, 1.54) is 0 Å². The highest BCUT2D eigenvalue weighted by atomic mass is 16.6. The van der Waals surface area contributed by atoms with Crippen molar-refractivity contribution in [2.75, 3.05) is 0 Å². The summed E-state index contributed by atoms with van der Waals surface area (Å²) in [5.74, 6) is -0.135. The lowest BCUT2D eigenvalue weighted by molar-refractivity contribution is 0.0516. The van der Waals surface area contributed by atoms with Gasteiger partial charge in [0, 0.05) is 5.56 Å². The molecule has 2 atom stereocenters. The van der Waals surface area contributed by atoms with Gasteiger partial charge in [0.2, 0.25) is 11.9 Å². The molecule has 1 heterocycles. The van der Waals surface area contributed by atoms with Gasteiger partial charge in [0.25, 0.3) is 0 Å². The van der Waals surface area contributed by atoms with Gasteiger partial charge >= 0.3 is 0 Å². The number of hydrogen-bond acceptors (Lipinski definition) is 3. The number of Topliss-reactive ketones (excluding diaryl/α,β-unsaturated/α-hetero) is 1. The van der Waals surface area contributed by atoms with Gasteiger partial charge < -0.3 is 4.84 Å². The summed E-state index contributed by atoms with van der Waals surface area (Å²) < 4.78 is 0. The molecule has 1 aliphatic rings. The maximum atomic E-state index is 12.6. The van der Waals surface area contributed by atoms with E-state index in [-0.39, 0.29) is 11.7 Å². The van der Waals surface area contributed by atoms with Gasteiger partial charge in [-0.2, -0.15) is 0 Å². The molecule has 0 fully saturated rings. The Hall–Kier alpha value is -2.42. The number of oxime groups is 1. The molecule has 3 rings (SSSR count). The van der Waals surface area contributed by atoms with E-state index in [9.17, 15) is 4.79 Å². The fourth-order valence-corrected chi connectivity index (χ4v) is 2.52. The first kappa shape index (κ1) is 12.6. The molecule has 1 aliphatic heterocycles. The Morgan fingerprint density at radius 3 is 2.25 bits per heavy atom. The molecule has 0 bridgehead atoms. The Kier molecular flexibility index (Phi) is 3.33. The number of hydrogen-bond donors (Lipinski definition) is 0. The van der Waals surface area contributed by atoms with Crippen molar-refractivity contribution in [2.45, 2.75) is 18.9 Å². The van der Waals surface area contributed by atoms with Gasteiger partial charge in [-0.15, -0.1) is 0 Å². The van der Waals surface area contributed by atoms with Crippen molar-refractivity contribution in [3.8, 4) is 0 Å². The van der Waals surface area contributed by atoms with Crippen LogP contribution in [0.15, 0.2) is 65.8 Å². The molecule has 3 heteroatoms. The lowest BCUT2D eigenvalue weighted by Gasteiger charge is -2.17. The highest BCUT2D eigenvalue weighted by Gasteiger charge is 2.38. The largest absolute Gasteiger partial charge is 0.383 e. The van der Waals surface area contributed by atoms with Crippen LogP contribution in [0, 0.1) is 0 Å². The number of ketones is 1. The molecule has 3 nitrogen and oxygen atoms in total. The highest BCUT2D eigenvalue weighted by molar-refractivity contribution is 6.05. The summed E-state index contributed by atoms with van der Waals surface area (Å²) >= 11 is 0. The van der Waals surface area contributed by atoms with Crippen molar-refractivity contribution in [2.24, 2.45) is 5.16 Å². The van der Waals surface area contributed by atoms with Crippen molar-refractivity contribution in [3.05, 3.63) is 71.8 Å². The van der Waals surface area contributed by atoms with E-state index in [1.54, 1.807) is 12.1 Å². The minimum Gasteiger partial charge on any atom is -0.383 e. The summed E-state index contributed by atoms with van der Waals surface area (Å²) in [6.45, 7) is 1.90. The quantitative estimate of drug-likeness (QED) is 0.797. The van der Waals surface area contributed by atoms with Crippen LogP contribution in [0.3, 0.4) is 0 Å². The molecule has 0 saturated heterocycles. The first-order valence-electron chi connectivity index (χ1n) is 6.62. The van der Waals surface area contributed by atoms with E-state index in [0.29, 0.717) is 5.56 Å². The normalized spacial score (nSPS) is 21.1. The van der Waals surface area contributed by atoms with Gasteiger partial charge in [-0.05, 0) is 12.5 Å². The maximum Gasteiger partial charge on any atom is 0.207 e. The second-order valence-corrected chi connectivity index (χ2v) is 4.88. The van der Waals surface area contributed by atoms with Gasteiger partial charge in [-0.1, -0.05) is 65.8 Å². The third-order valence-corrected chi connectivity index (χ3v) is 3.54. The summed E-state index contributed by atoms with van der Waals surface area (Å²) in [6, 6.07) is 19.1. The Labute approximate surface area is 117 Å². The molecule has 100 valence electrons. The minimum atomic E-state index is -0.570. The number of benzene rings is 2. The van der Waals surface area contributed by atoms with E-state index in [1.807, 2.05) is 55.5 Å². The number of carbonyl (C=O) groups is 1. The van der Waals surface area contributed by atoms with Crippen molar-refractivity contribution in [3.63, 3.8) is 0 Å². The van der Waals surface area contributed by atoms with E-state index >= 15 is 0 Å². The monoisotopic (exact) mass is 265 g/mol. The number of carbonyl (C=O) groups excluding carboxylic acids is 1. The molecule has 0 spiro atoms. The van der Waals surface area contributed by atoms with Crippen molar-refractivity contribution < 1.29 is 9.63 Å². The summed E-state index contributed by atoms with van der Waals surface area (Å²) in [6.07, 6.45) is -0.570. The van der Waals surface area contributed by atoms with Crippen molar-refractivity contribution in [1.29, 1.82) is 0 Å². The molecule has 2 unspecified atom stereocenters. The van der Waals surface area contributed by atoms with Crippen LogP contribution < -0.4 is 0 Å². The standard InChI is InChI=1S/C17H15NO2/c1-12-15(13-8-4-2-5-9-13)17(20-18-12)16(19)14-10-6-3-7-11-14/h2-11,15,17H,1H3. The van der Waals surface area contributed by atoms with Crippen LogP contribution in [0.4, 0.5) is 0 Å². The first-order valence-corrected chi connectivity index (χ1v) is 6.62. The minimum absolute atomic E-state index is 0.0277. The SMILES string of the molecule is CC1=NOC(C(=O)c2ccccc2)C1c1ccccc1. The molecule has 0 aliphatic carbocycles. The molecule has 2 aromatic rings. The zero-order chi connectivity index (χ0) is 13.9. The molecule has 0 radical (unpaired) electrons. The molecule has 2 aromatic carbocycles. The van der Waals surface area contributed by atoms with Crippen LogP contribution in [0.2, 0.25) is 0 Å². The number of rotatable bonds is 3. The van der Waals surface area contributed by atoms with E-state index < -0.39 is 6.10 Å². The van der Waals surface area contributed by atoms with E-state index in [0.717, 1.165) is 11.3 Å². The zero-order valence-electron chi connectivity index (χ0n) is 11.2. The van der Waals surface area contributed by atoms with Gasteiger partial charge in [0.15, 0.2) is 0 Å². The molecule has 0 N–H and O–H groups in total. The topological polar surface area (TPSA) is 38.7 Å². The van der Waals surface area contributed by atoms with Crippen LogP contribution in [0.5, 0.6) is 0 Å². The molecule has 0 saturated carbocycles. The van der Waals surface area contributed by atoms with Crippen LogP contribution >= 0.6 is 0 Å². The molecular formula is C17H15NO2. The Morgan fingerprint density at radius 1 is 1.00 bits per heavy atom. The Morgan fingerprint density at radius 2 is 1.60 bits per heavy atom. The van der Waals surface area contributed by atoms with Gasteiger partial charge in [0.05, 0.1) is 11.6 Å². The van der Waals surface area contributed by atoms with Crippen molar-refractivity contribution in [1.82, 2.24) is 0 Å². The third kappa shape index (κ3) is 2.23. The molecular weight excluding hydrogens is 250 g/mol. The van der Waals surface area contributed by atoms with E-state index in [2.05, 4.69) is 5.16 Å². The summed E-state index contributed by atoms with van der Waals surface area (Å²) in [4.78, 5) is 18.0. The Balaban J connectivity index is 1.92. The van der Waals surface area contributed by atoms with Gasteiger partial charge in [-0.25, -0.2) is 0 Å². The molecule has 20 heavy (non-hydrogen) atoms. The van der Waals surface area contributed by atoms with Crippen LogP contribution in [0.1, 0.15) is 28.8 Å². The fourth-order valence-electron chi connectivity index (χ4n) is 2.52. The average molecular weight is 265 g/mol. The summed E-state index contributed by atoms with van der Waals surface area (Å²) in [5.41, 5.74) is 2.55.